The molecule has 0 fully saturated rings. The van der Waals surface area contributed by atoms with Crippen molar-refractivity contribution in [2.24, 2.45) is 0 Å². The fourth-order valence-corrected chi connectivity index (χ4v) is 2.55. The molecule has 9 heteroatoms. The van der Waals surface area contributed by atoms with Crippen LogP contribution in [0.2, 0.25) is 0 Å². The number of urea groups is 1. The van der Waals surface area contributed by atoms with Gasteiger partial charge in [-0.3, -0.25) is 10.1 Å². The first-order valence-electron chi connectivity index (χ1n) is 7.12. The minimum Gasteiger partial charge on any atom is -0.461 e. The Morgan fingerprint density at radius 2 is 2.04 bits per heavy atom. The standard InChI is InChI=1S/C15H17N3O5S/c1-9-12(14(19)23-7-8-24-2)13(17-15(20)16-9)10-3-5-11(6-4-10)18(21)22/h3-6,13H,7-8H2,1-2H3,(H2,16,17,20)/t13-/m1/s1. The van der Waals surface area contributed by atoms with Gasteiger partial charge in [0.25, 0.3) is 5.69 Å². The molecule has 1 aliphatic heterocycles. The molecule has 0 aliphatic carbocycles. The first-order valence-corrected chi connectivity index (χ1v) is 8.52. The molecule has 1 atom stereocenters. The lowest BCUT2D eigenvalue weighted by atomic mass is 9.95. The summed E-state index contributed by atoms with van der Waals surface area (Å²) in [6, 6.07) is 4.51. The quantitative estimate of drug-likeness (QED) is 0.351. The SMILES string of the molecule is CSCCOC(=O)C1=C(C)NC(=O)N[C@@H]1c1ccc([N+](=O)[O-])cc1. The third kappa shape index (κ3) is 4.05. The van der Waals surface area contributed by atoms with Crippen molar-refractivity contribution in [2.75, 3.05) is 18.6 Å². The molecule has 0 saturated heterocycles. The first kappa shape index (κ1) is 17.8. The van der Waals surface area contributed by atoms with Gasteiger partial charge in [-0.05, 0) is 30.9 Å². The fraction of sp³-hybridized carbons (Fsp3) is 0.333. The summed E-state index contributed by atoms with van der Waals surface area (Å²) in [5.74, 6) is 0.137. The monoisotopic (exact) mass is 351 g/mol. The molecule has 0 spiro atoms. The largest absolute Gasteiger partial charge is 0.461 e. The van der Waals surface area contributed by atoms with Crippen molar-refractivity contribution in [3.8, 4) is 0 Å². The molecule has 2 rings (SSSR count). The predicted molar refractivity (Wildman–Crippen MR) is 89.5 cm³/mol. The molecule has 128 valence electrons. The van der Waals surface area contributed by atoms with E-state index in [1.54, 1.807) is 18.7 Å². The van der Waals surface area contributed by atoms with Gasteiger partial charge in [-0.1, -0.05) is 0 Å². The van der Waals surface area contributed by atoms with E-state index in [1.165, 1.54) is 24.3 Å². The normalized spacial score (nSPS) is 17.1. The van der Waals surface area contributed by atoms with Crippen molar-refractivity contribution in [2.45, 2.75) is 13.0 Å². The summed E-state index contributed by atoms with van der Waals surface area (Å²) in [6.45, 7) is 1.88. The molecule has 1 aliphatic rings. The number of ether oxygens (including phenoxy) is 1. The Kier molecular flexibility index (Phi) is 5.80. The predicted octanol–water partition coefficient (Wildman–Crippen LogP) is 2.13. The molecular weight excluding hydrogens is 334 g/mol. The third-order valence-corrected chi connectivity index (χ3v) is 4.02. The number of rotatable bonds is 6. The van der Waals surface area contributed by atoms with Crippen molar-refractivity contribution in [1.82, 2.24) is 10.6 Å². The maximum Gasteiger partial charge on any atom is 0.338 e. The lowest BCUT2D eigenvalue weighted by Gasteiger charge is -2.28. The summed E-state index contributed by atoms with van der Waals surface area (Å²) in [5.41, 5.74) is 1.18. The van der Waals surface area contributed by atoms with E-state index in [9.17, 15) is 19.7 Å². The fourth-order valence-electron chi connectivity index (χ4n) is 2.30. The molecule has 1 aromatic carbocycles. The summed E-state index contributed by atoms with van der Waals surface area (Å²) in [5, 5.41) is 15.9. The van der Waals surface area contributed by atoms with Gasteiger partial charge >= 0.3 is 12.0 Å². The van der Waals surface area contributed by atoms with Crippen molar-refractivity contribution >= 4 is 29.4 Å². The van der Waals surface area contributed by atoms with E-state index in [2.05, 4.69) is 10.6 Å². The molecule has 1 heterocycles. The van der Waals surface area contributed by atoms with Crippen LogP contribution in [-0.4, -0.2) is 35.5 Å². The second-order valence-electron chi connectivity index (χ2n) is 5.05. The van der Waals surface area contributed by atoms with Crippen LogP contribution >= 0.6 is 11.8 Å². The third-order valence-electron chi connectivity index (χ3n) is 3.45. The van der Waals surface area contributed by atoms with Gasteiger partial charge in [-0.15, -0.1) is 0 Å². The van der Waals surface area contributed by atoms with E-state index in [1.807, 2.05) is 6.26 Å². The van der Waals surface area contributed by atoms with Crippen LogP contribution in [0.25, 0.3) is 0 Å². The maximum atomic E-state index is 12.4. The van der Waals surface area contributed by atoms with Crippen LogP contribution in [0, 0.1) is 10.1 Å². The van der Waals surface area contributed by atoms with Crippen LogP contribution in [0.3, 0.4) is 0 Å². The Labute approximate surface area is 142 Å². The van der Waals surface area contributed by atoms with E-state index < -0.39 is 23.0 Å². The smallest absolute Gasteiger partial charge is 0.338 e. The number of esters is 1. The van der Waals surface area contributed by atoms with E-state index >= 15 is 0 Å². The number of benzene rings is 1. The highest BCUT2D eigenvalue weighted by atomic mass is 32.2. The van der Waals surface area contributed by atoms with Gasteiger partial charge < -0.3 is 15.4 Å². The maximum absolute atomic E-state index is 12.4. The number of amides is 2. The molecule has 24 heavy (non-hydrogen) atoms. The van der Waals surface area contributed by atoms with E-state index in [-0.39, 0.29) is 17.9 Å². The zero-order valence-corrected chi connectivity index (χ0v) is 14.0. The van der Waals surface area contributed by atoms with E-state index in [4.69, 9.17) is 4.74 Å². The van der Waals surface area contributed by atoms with Crippen molar-refractivity contribution in [3.05, 3.63) is 51.2 Å². The van der Waals surface area contributed by atoms with Gasteiger partial charge in [0.05, 0.1) is 16.5 Å². The average Bonchev–Trinajstić information content (AvgIpc) is 2.54. The van der Waals surface area contributed by atoms with Gasteiger partial charge in [0.1, 0.15) is 6.61 Å². The van der Waals surface area contributed by atoms with E-state index in [0.29, 0.717) is 17.0 Å². The first-order chi connectivity index (χ1) is 11.4. The second kappa shape index (κ2) is 7.82. The van der Waals surface area contributed by atoms with Gasteiger partial charge in [-0.25, -0.2) is 9.59 Å². The molecule has 0 saturated carbocycles. The molecule has 0 unspecified atom stereocenters. The number of nitro groups is 1. The summed E-state index contributed by atoms with van der Waals surface area (Å²) < 4.78 is 5.22. The van der Waals surface area contributed by atoms with Crippen LogP contribution in [0.15, 0.2) is 35.5 Å². The molecule has 1 aromatic rings. The minimum atomic E-state index is -0.721. The molecule has 8 nitrogen and oxygen atoms in total. The van der Waals surface area contributed by atoms with E-state index in [0.717, 1.165) is 0 Å². The van der Waals surface area contributed by atoms with Crippen molar-refractivity contribution in [1.29, 1.82) is 0 Å². The zero-order valence-electron chi connectivity index (χ0n) is 13.2. The molecule has 0 bridgehead atoms. The molecule has 2 amide bonds. The number of hydrogen-bond donors (Lipinski definition) is 2. The van der Waals surface area contributed by atoms with Gasteiger partial charge in [-0.2, -0.15) is 11.8 Å². The summed E-state index contributed by atoms with van der Waals surface area (Å²) >= 11 is 1.55. The Bertz CT molecular complexity index is 687. The van der Waals surface area contributed by atoms with Gasteiger partial charge in [0.2, 0.25) is 0 Å². The highest BCUT2D eigenvalue weighted by Gasteiger charge is 2.32. The number of nitrogens with one attached hydrogen (secondary N) is 2. The number of carbonyl (C=O) groups is 2. The zero-order chi connectivity index (χ0) is 17.7. The molecule has 0 radical (unpaired) electrons. The Morgan fingerprint density at radius 3 is 2.62 bits per heavy atom. The second-order valence-corrected chi connectivity index (χ2v) is 6.03. The summed E-state index contributed by atoms with van der Waals surface area (Å²) in [4.78, 5) is 34.3. The number of non-ortho nitro benzene ring substituents is 1. The van der Waals surface area contributed by atoms with Gasteiger partial charge in [0, 0.05) is 23.6 Å². The van der Waals surface area contributed by atoms with Crippen LogP contribution in [0.4, 0.5) is 10.5 Å². The number of thioether (sulfide) groups is 1. The van der Waals surface area contributed by atoms with Crippen LogP contribution in [-0.2, 0) is 9.53 Å². The number of nitro benzene ring substituents is 1. The molecular formula is C15H17N3O5S. The summed E-state index contributed by atoms with van der Waals surface area (Å²) in [6.07, 6.45) is 1.90. The highest BCUT2D eigenvalue weighted by molar-refractivity contribution is 7.98. The van der Waals surface area contributed by atoms with Crippen LogP contribution in [0.5, 0.6) is 0 Å². The Hall–Kier alpha value is -2.55. The Morgan fingerprint density at radius 1 is 1.38 bits per heavy atom. The number of carbonyl (C=O) groups excluding carboxylic acids is 2. The number of hydrogen-bond acceptors (Lipinski definition) is 6. The molecule has 2 N–H and O–H groups in total. The van der Waals surface area contributed by atoms with Crippen molar-refractivity contribution < 1.29 is 19.2 Å². The molecule has 0 aromatic heterocycles. The topological polar surface area (TPSA) is 111 Å². The van der Waals surface area contributed by atoms with Crippen LogP contribution < -0.4 is 10.6 Å². The lowest BCUT2D eigenvalue weighted by Crippen LogP contribution is -2.45. The minimum absolute atomic E-state index is 0.0659. The van der Waals surface area contributed by atoms with Crippen molar-refractivity contribution in [3.63, 3.8) is 0 Å². The van der Waals surface area contributed by atoms with Crippen LogP contribution in [0.1, 0.15) is 18.5 Å². The van der Waals surface area contributed by atoms with Gasteiger partial charge in [0.15, 0.2) is 0 Å². The Balaban J connectivity index is 2.30. The average molecular weight is 351 g/mol. The highest BCUT2D eigenvalue weighted by Crippen LogP contribution is 2.28. The lowest BCUT2D eigenvalue weighted by molar-refractivity contribution is -0.384. The number of allylic oxidation sites excluding steroid dienone is 1. The number of nitrogens with zero attached hydrogens (tertiary/aromatic N) is 1. The summed E-state index contributed by atoms with van der Waals surface area (Å²) in [7, 11) is 0.